The molecule has 1 saturated carbocycles. The summed E-state index contributed by atoms with van der Waals surface area (Å²) < 4.78 is 0. The lowest BCUT2D eigenvalue weighted by atomic mass is 10.1. The zero-order valence-corrected chi connectivity index (χ0v) is 17.4. The predicted molar refractivity (Wildman–Crippen MR) is 119 cm³/mol. The Labute approximate surface area is 173 Å². The molecular weight excluding hydrogens is 360 g/mol. The number of likely N-dealkylation sites (tertiary alicyclic amines) is 1. The van der Waals surface area contributed by atoms with Gasteiger partial charge in [-0.3, -0.25) is 9.79 Å². The van der Waals surface area contributed by atoms with Crippen molar-refractivity contribution in [3.8, 4) is 0 Å². The van der Waals surface area contributed by atoms with Crippen LogP contribution in [0.2, 0.25) is 0 Å². The van der Waals surface area contributed by atoms with Crippen LogP contribution in [0.1, 0.15) is 37.7 Å². The molecule has 1 aliphatic carbocycles. The van der Waals surface area contributed by atoms with Crippen molar-refractivity contribution < 1.29 is 4.79 Å². The molecule has 2 fully saturated rings. The molecule has 5 nitrogen and oxygen atoms in total. The second kappa shape index (κ2) is 9.29. The summed E-state index contributed by atoms with van der Waals surface area (Å²) in [6, 6.07) is 15.4. The molecule has 0 bridgehead atoms. The fraction of sp³-hybridized carbons (Fsp3) is 0.500. The summed E-state index contributed by atoms with van der Waals surface area (Å²) in [6.07, 6.45) is 6.50. The van der Waals surface area contributed by atoms with Crippen molar-refractivity contribution in [1.29, 1.82) is 0 Å². The van der Waals surface area contributed by atoms with Gasteiger partial charge in [-0.1, -0.05) is 55.3 Å². The number of fused-ring (bicyclic) bond motifs is 1. The molecule has 29 heavy (non-hydrogen) atoms. The van der Waals surface area contributed by atoms with Crippen molar-refractivity contribution in [3.05, 3.63) is 48.0 Å². The normalized spacial score (nSPS) is 20.4. The van der Waals surface area contributed by atoms with Gasteiger partial charge < -0.3 is 15.5 Å². The second-order valence-electron chi connectivity index (χ2n) is 8.33. The molecule has 1 unspecified atom stereocenters. The summed E-state index contributed by atoms with van der Waals surface area (Å²) in [5.74, 6) is 1.46. The molecule has 0 radical (unpaired) electrons. The van der Waals surface area contributed by atoms with Gasteiger partial charge in [0, 0.05) is 38.6 Å². The number of benzene rings is 2. The first-order valence-electron chi connectivity index (χ1n) is 11.0. The van der Waals surface area contributed by atoms with Crippen molar-refractivity contribution >= 4 is 22.6 Å². The number of nitrogens with zero attached hydrogens (tertiary/aromatic N) is 2. The van der Waals surface area contributed by atoms with Crippen LogP contribution in [0.25, 0.3) is 10.8 Å². The Hall–Kier alpha value is -2.56. The van der Waals surface area contributed by atoms with Crippen LogP contribution >= 0.6 is 0 Å². The molecule has 2 aromatic rings. The van der Waals surface area contributed by atoms with E-state index < -0.39 is 0 Å². The molecule has 1 aliphatic heterocycles. The van der Waals surface area contributed by atoms with E-state index in [2.05, 4.69) is 63.0 Å². The first-order valence-corrected chi connectivity index (χ1v) is 11.0. The van der Waals surface area contributed by atoms with E-state index in [1.165, 1.54) is 29.2 Å². The van der Waals surface area contributed by atoms with Crippen LogP contribution in [0.4, 0.5) is 0 Å². The molecule has 0 aromatic heterocycles. The summed E-state index contributed by atoms with van der Waals surface area (Å²) in [4.78, 5) is 19.0. The number of rotatable bonds is 5. The van der Waals surface area contributed by atoms with Gasteiger partial charge in [0.05, 0.1) is 0 Å². The number of nitrogens with one attached hydrogen (secondary N) is 2. The van der Waals surface area contributed by atoms with E-state index in [0.717, 1.165) is 51.3 Å². The van der Waals surface area contributed by atoms with E-state index in [4.69, 9.17) is 0 Å². The van der Waals surface area contributed by atoms with Gasteiger partial charge >= 0.3 is 0 Å². The number of hydrogen-bond acceptors (Lipinski definition) is 2. The first-order chi connectivity index (χ1) is 14.2. The van der Waals surface area contributed by atoms with Crippen LogP contribution in [0.5, 0.6) is 0 Å². The maximum Gasteiger partial charge on any atom is 0.225 e. The Morgan fingerprint density at radius 1 is 1.10 bits per heavy atom. The number of guanidine groups is 1. The molecule has 5 heteroatoms. The molecule has 1 saturated heterocycles. The minimum Gasteiger partial charge on any atom is -0.356 e. The number of carbonyl (C=O) groups is 1. The maximum atomic E-state index is 12.6. The van der Waals surface area contributed by atoms with Crippen molar-refractivity contribution in [2.24, 2.45) is 10.9 Å². The molecule has 0 spiro atoms. The highest BCUT2D eigenvalue weighted by Crippen LogP contribution is 2.27. The van der Waals surface area contributed by atoms with Gasteiger partial charge in [-0.15, -0.1) is 0 Å². The summed E-state index contributed by atoms with van der Waals surface area (Å²) >= 11 is 0. The molecule has 2 N–H and O–H groups in total. The van der Waals surface area contributed by atoms with E-state index in [9.17, 15) is 4.79 Å². The van der Waals surface area contributed by atoms with Crippen LogP contribution < -0.4 is 10.6 Å². The molecule has 2 aromatic carbocycles. The number of hydrogen-bond donors (Lipinski definition) is 2. The van der Waals surface area contributed by atoms with Crippen LogP contribution in [0.15, 0.2) is 47.5 Å². The minimum atomic E-state index is 0.271. The van der Waals surface area contributed by atoms with Crippen LogP contribution in [-0.2, 0) is 11.2 Å². The molecule has 1 atom stereocenters. The van der Waals surface area contributed by atoms with Crippen molar-refractivity contribution in [2.45, 2.75) is 44.6 Å². The maximum absolute atomic E-state index is 12.6. The Morgan fingerprint density at radius 2 is 1.90 bits per heavy atom. The quantitative estimate of drug-likeness (QED) is 0.606. The lowest BCUT2D eigenvalue weighted by Gasteiger charge is -2.21. The largest absolute Gasteiger partial charge is 0.356 e. The van der Waals surface area contributed by atoms with Crippen LogP contribution in [-0.4, -0.2) is 49.5 Å². The molecule has 1 amide bonds. The second-order valence-corrected chi connectivity index (χ2v) is 8.33. The fourth-order valence-electron chi connectivity index (χ4n) is 4.62. The lowest BCUT2D eigenvalue weighted by Crippen LogP contribution is -2.45. The minimum absolute atomic E-state index is 0.271. The zero-order valence-electron chi connectivity index (χ0n) is 17.4. The monoisotopic (exact) mass is 392 g/mol. The summed E-state index contributed by atoms with van der Waals surface area (Å²) in [6.45, 7) is 2.48. The van der Waals surface area contributed by atoms with Gasteiger partial charge in [-0.2, -0.15) is 0 Å². The summed E-state index contributed by atoms with van der Waals surface area (Å²) in [5.41, 5.74) is 1.32. The zero-order chi connectivity index (χ0) is 20.1. The lowest BCUT2D eigenvalue weighted by molar-refractivity contribution is -0.134. The number of amides is 1. The third-order valence-electron chi connectivity index (χ3n) is 6.29. The number of aliphatic imine (C=N–C) groups is 1. The van der Waals surface area contributed by atoms with Gasteiger partial charge in [-0.25, -0.2) is 0 Å². The van der Waals surface area contributed by atoms with Crippen LogP contribution in [0, 0.1) is 5.92 Å². The van der Waals surface area contributed by atoms with E-state index in [1.807, 2.05) is 7.05 Å². The van der Waals surface area contributed by atoms with Gasteiger partial charge in [0.2, 0.25) is 5.91 Å². The Bertz CT molecular complexity index is 872. The topological polar surface area (TPSA) is 56.7 Å². The average Bonchev–Trinajstić information content (AvgIpc) is 3.45. The van der Waals surface area contributed by atoms with E-state index >= 15 is 0 Å². The Morgan fingerprint density at radius 3 is 2.69 bits per heavy atom. The third-order valence-corrected chi connectivity index (χ3v) is 6.29. The molecule has 1 heterocycles. The van der Waals surface area contributed by atoms with E-state index in [-0.39, 0.29) is 12.0 Å². The summed E-state index contributed by atoms with van der Waals surface area (Å²) in [5, 5.41) is 9.49. The smallest absolute Gasteiger partial charge is 0.225 e. The highest BCUT2D eigenvalue weighted by Gasteiger charge is 2.32. The third kappa shape index (κ3) is 4.89. The highest BCUT2D eigenvalue weighted by atomic mass is 16.2. The summed E-state index contributed by atoms with van der Waals surface area (Å²) in [7, 11) is 1.81. The Balaban J connectivity index is 1.24. The van der Waals surface area contributed by atoms with Crippen molar-refractivity contribution in [1.82, 2.24) is 15.5 Å². The molecule has 4 rings (SSSR count). The van der Waals surface area contributed by atoms with Gasteiger partial charge in [0.25, 0.3) is 0 Å². The fourth-order valence-corrected chi connectivity index (χ4v) is 4.62. The molecule has 2 aliphatic rings. The van der Waals surface area contributed by atoms with Gasteiger partial charge in [0.15, 0.2) is 5.96 Å². The molecule has 154 valence electrons. The van der Waals surface area contributed by atoms with Gasteiger partial charge in [-0.05, 0) is 42.0 Å². The highest BCUT2D eigenvalue weighted by molar-refractivity contribution is 5.83. The molecular formula is C24H32N4O. The Kier molecular flexibility index (Phi) is 6.33. The van der Waals surface area contributed by atoms with Crippen molar-refractivity contribution in [2.75, 3.05) is 26.7 Å². The first kappa shape index (κ1) is 19.7. The number of carbonyl (C=O) groups excluding carboxylic acids is 1. The van der Waals surface area contributed by atoms with E-state index in [1.54, 1.807) is 0 Å². The van der Waals surface area contributed by atoms with E-state index in [0.29, 0.717) is 5.91 Å². The standard InChI is InChI=1S/C24H32N4O/c1-25-24(26-14-12-18-10-11-19-6-2-5-9-21(19)16-18)27-22-13-15-28(17-22)23(29)20-7-3-4-8-20/h2,5-6,9-11,16,20,22H,3-4,7-8,12-15,17H2,1H3,(H2,25,26,27). The van der Waals surface area contributed by atoms with Crippen molar-refractivity contribution in [3.63, 3.8) is 0 Å². The van der Waals surface area contributed by atoms with Gasteiger partial charge in [0.1, 0.15) is 0 Å². The average molecular weight is 393 g/mol. The van der Waals surface area contributed by atoms with Crippen LogP contribution in [0.3, 0.4) is 0 Å². The predicted octanol–water partition coefficient (Wildman–Crippen LogP) is 3.34. The SMILES string of the molecule is CN=C(NCCc1ccc2ccccc2c1)NC1CCN(C(=O)C2CCCC2)C1.